The molecule has 0 aromatic heterocycles. The second-order valence-corrected chi connectivity index (χ2v) is 13.9. The lowest BCUT2D eigenvalue weighted by Gasteiger charge is -2.29. The molecule has 0 aliphatic carbocycles. The molecule has 0 heterocycles. The van der Waals surface area contributed by atoms with Crippen molar-refractivity contribution in [1.29, 1.82) is 0 Å². The highest BCUT2D eigenvalue weighted by Crippen LogP contribution is 2.67. The molecule has 0 saturated heterocycles. The van der Waals surface area contributed by atoms with Crippen LogP contribution in [0.3, 0.4) is 0 Å². The monoisotopic (exact) mass is 459 g/mol. The zero-order valence-electron chi connectivity index (χ0n) is 20.8. The zero-order chi connectivity index (χ0) is 23.0. The molecule has 0 aliphatic heterocycles. The Labute approximate surface area is 204 Å². The predicted octanol–water partition coefficient (Wildman–Crippen LogP) is 10.1. The van der Waals surface area contributed by atoms with Crippen molar-refractivity contribution in [2.45, 2.75) is 83.2 Å². The first-order valence-electron chi connectivity index (χ1n) is 13.3. The van der Waals surface area contributed by atoms with Gasteiger partial charge in [-0.1, -0.05) is 143 Å². The second-order valence-electron chi connectivity index (χ2n) is 9.82. The van der Waals surface area contributed by atoms with Crippen molar-refractivity contribution in [3.63, 3.8) is 0 Å². The van der Waals surface area contributed by atoms with Crippen LogP contribution in [0.1, 0.15) is 81.4 Å². The molecular weight excluding hydrogens is 415 g/mol. The molecule has 0 saturated carbocycles. The molecule has 0 N–H and O–H groups in total. The summed E-state index contributed by atoms with van der Waals surface area (Å²) in [4.78, 5) is 0. The highest BCUT2D eigenvalue weighted by Gasteiger charge is 2.37. The van der Waals surface area contributed by atoms with Crippen molar-refractivity contribution in [1.82, 2.24) is 0 Å². The highest BCUT2D eigenvalue weighted by molar-refractivity contribution is 7.73. The molecule has 1 heteroatoms. The Kier molecular flexibility index (Phi) is 11.7. The van der Waals surface area contributed by atoms with E-state index in [0.717, 1.165) is 0 Å². The fourth-order valence-electron chi connectivity index (χ4n) is 5.07. The summed E-state index contributed by atoms with van der Waals surface area (Å²) < 4.78 is 0. The minimum absolute atomic E-state index is 1.23. The molecule has 0 aliphatic rings. The van der Waals surface area contributed by atoms with E-state index in [1.54, 1.807) is 0 Å². The zero-order valence-corrected chi connectivity index (χ0v) is 21.7. The van der Waals surface area contributed by atoms with Crippen LogP contribution in [0.25, 0.3) is 0 Å². The summed E-state index contributed by atoms with van der Waals surface area (Å²) in [6.07, 6.45) is 17.8. The smallest absolute Gasteiger partial charge is 0.0654 e. The standard InChI is InChI=1S/C32H44P/c1-2-3-4-5-6-7-8-9-19-26-33(27-30-20-13-10-14-21-30,28-31-22-15-11-16-23-31)29-32-24-17-12-18-25-32/h10-18,20-25H,2-9,19,26-29H2,1H3/q+1. The normalized spacial score (nSPS) is 11.5. The molecular formula is C32H44P+. The quantitative estimate of drug-likeness (QED) is 0.148. The largest absolute Gasteiger partial charge is 0.0849 e. The van der Waals surface area contributed by atoms with E-state index < -0.39 is 7.26 Å². The van der Waals surface area contributed by atoms with Crippen LogP contribution in [0, 0.1) is 0 Å². The molecule has 0 nitrogen and oxygen atoms in total. The lowest BCUT2D eigenvalue weighted by atomic mass is 10.1. The van der Waals surface area contributed by atoms with E-state index in [0.29, 0.717) is 0 Å². The van der Waals surface area contributed by atoms with Crippen LogP contribution in [0.5, 0.6) is 0 Å². The Balaban J connectivity index is 1.69. The van der Waals surface area contributed by atoms with Crippen LogP contribution in [-0.4, -0.2) is 6.16 Å². The molecule has 0 radical (unpaired) electrons. The Morgan fingerprint density at radius 1 is 0.424 bits per heavy atom. The van der Waals surface area contributed by atoms with Crippen molar-refractivity contribution < 1.29 is 0 Å². The topological polar surface area (TPSA) is 0 Å². The maximum absolute atomic E-state index is 2.35. The number of hydrogen-bond donors (Lipinski definition) is 0. The molecule has 0 fully saturated rings. The maximum atomic E-state index is 2.35. The van der Waals surface area contributed by atoms with Crippen molar-refractivity contribution in [2.24, 2.45) is 0 Å². The summed E-state index contributed by atoms with van der Waals surface area (Å²) in [7, 11) is -1.23. The van der Waals surface area contributed by atoms with Crippen LogP contribution in [-0.2, 0) is 18.5 Å². The molecule has 0 bridgehead atoms. The molecule has 3 aromatic rings. The summed E-state index contributed by atoms with van der Waals surface area (Å²) in [6.45, 7) is 2.30. The number of benzene rings is 3. The van der Waals surface area contributed by atoms with E-state index in [1.807, 2.05) is 0 Å². The number of unbranched alkanes of at least 4 members (excludes halogenated alkanes) is 8. The summed E-state index contributed by atoms with van der Waals surface area (Å²) >= 11 is 0. The molecule has 0 spiro atoms. The van der Waals surface area contributed by atoms with E-state index >= 15 is 0 Å². The van der Waals surface area contributed by atoms with Gasteiger partial charge in [-0.05, 0) is 29.5 Å². The summed E-state index contributed by atoms with van der Waals surface area (Å²) in [5.74, 6) is 0. The minimum Gasteiger partial charge on any atom is -0.0654 e. The number of rotatable bonds is 16. The van der Waals surface area contributed by atoms with Crippen molar-refractivity contribution in [3.8, 4) is 0 Å². The molecule has 33 heavy (non-hydrogen) atoms. The van der Waals surface area contributed by atoms with E-state index in [2.05, 4.69) is 97.9 Å². The average Bonchev–Trinajstić information content (AvgIpc) is 2.85. The molecule has 3 aromatic carbocycles. The Morgan fingerprint density at radius 3 is 1.12 bits per heavy atom. The van der Waals surface area contributed by atoms with Crippen molar-refractivity contribution >= 4 is 7.26 Å². The third-order valence-electron chi connectivity index (χ3n) is 6.82. The maximum Gasteiger partial charge on any atom is 0.0849 e. The van der Waals surface area contributed by atoms with E-state index in [1.165, 1.54) is 99.1 Å². The van der Waals surface area contributed by atoms with Crippen LogP contribution in [0.4, 0.5) is 0 Å². The van der Waals surface area contributed by atoms with Gasteiger partial charge in [0, 0.05) is 7.26 Å². The molecule has 3 rings (SSSR count). The van der Waals surface area contributed by atoms with Crippen LogP contribution in [0.15, 0.2) is 91.0 Å². The summed E-state index contributed by atoms with van der Waals surface area (Å²) in [5.41, 5.74) is 4.57. The fraction of sp³-hybridized carbons (Fsp3) is 0.438. The first-order valence-corrected chi connectivity index (χ1v) is 15.8. The van der Waals surface area contributed by atoms with Crippen molar-refractivity contribution in [2.75, 3.05) is 6.16 Å². The van der Waals surface area contributed by atoms with E-state index in [-0.39, 0.29) is 0 Å². The van der Waals surface area contributed by atoms with Crippen molar-refractivity contribution in [3.05, 3.63) is 108 Å². The van der Waals surface area contributed by atoms with Gasteiger partial charge in [0.1, 0.15) is 0 Å². The Morgan fingerprint density at radius 2 is 0.758 bits per heavy atom. The predicted molar refractivity (Wildman–Crippen MR) is 149 cm³/mol. The van der Waals surface area contributed by atoms with Crippen LogP contribution in [0.2, 0.25) is 0 Å². The van der Waals surface area contributed by atoms with Gasteiger partial charge in [-0.15, -0.1) is 0 Å². The van der Waals surface area contributed by atoms with Gasteiger partial charge in [0.2, 0.25) is 0 Å². The fourth-order valence-corrected chi connectivity index (χ4v) is 9.74. The Bertz CT molecular complexity index is 755. The Hall–Kier alpha value is -1.91. The molecule has 0 unspecified atom stereocenters. The number of hydrogen-bond acceptors (Lipinski definition) is 0. The van der Waals surface area contributed by atoms with Gasteiger partial charge < -0.3 is 0 Å². The van der Waals surface area contributed by atoms with Gasteiger partial charge in [0.05, 0.1) is 24.6 Å². The lowest BCUT2D eigenvalue weighted by molar-refractivity contribution is 0.572. The van der Waals surface area contributed by atoms with Gasteiger partial charge in [0.25, 0.3) is 0 Å². The summed E-state index contributed by atoms with van der Waals surface area (Å²) in [6, 6.07) is 33.8. The molecule has 0 atom stereocenters. The lowest BCUT2D eigenvalue weighted by Crippen LogP contribution is -2.09. The van der Waals surface area contributed by atoms with E-state index in [4.69, 9.17) is 0 Å². The first kappa shape index (κ1) is 25.7. The van der Waals surface area contributed by atoms with Gasteiger partial charge in [-0.25, -0.2) is 0 Å². The third-order valence-corrected chi connectivity index (χ3v) is 11.2. The SMILES string of the molecule is CCCCCCCCCCC[P+](Cc1ccccc1)(Cc1ccccc1)Cc1ccccc1. The highest BCUT2D eigenvalue weighted by atomic mass is 31.2. The third kappa shape index (κ3) is 9.85. The first-order chi connectivity index (χ1) is 16.3. The minimum atomic E-state index is -1.23. The van der Waals surface area contributed by atoms with Gasteiger partial charge in [-0.3, -0.25) is 0 Å². The summed E-state index contributed by atoms with van der Waals surface area (Å²) in [5, 5.41) is 0. The average molecular weight is 460 g/mol. The second kappa shape index (κ2) is 15.1. The van der Waals surface area contributed by atoms with Crippen LogP contribution >= 0.6 is 7.26 Å². The van der Waals surface area contributed by atoms with Gasteiger partial charge in [0.15, 0.2) is 0 Å². The van der Waals surface area contributed by atoms with Gasteiger partial charge >= 0.3 is 0 Å². The molecule has 0 amide bonds. The van der Waals surface area contributed by atoms with E-state index in [9.17, 15) is 0 Å². The van der Waals surface area contributed by atoms with Crippen LogP contribution < -0.4 is 0 Å². The van der Waals surface area contributed by atoms with Gasteiger partial charge in [-0.2, -0.15) is 0 Å². The molecule has 176 valence electrons.